The Kier molecular flexibility index (Phi) is 2.64. The van der Waals surface area contributed by atoms with Crippen LogP contribution in [0.15, 0.2) is 24.3 Å². The van der Waals surface area contributed by atoms with Crippen LogP contribution in [-0.4, -0.2) is 25.8 Å². The molecule has 20 heavy (non-hydrogen) atoms. The predicted octanol–water partition coefficient (Wildman–Crippen LogP) is 2.88. The minimum absolute atomic E-state index is 0.0598. The van der Waals surface area contributed by atoms with Crippen LogP contribution in [-0.2, 0) is 7.05 Å². The fraction of sp³-hybridized carbons (Fsp3) is 0.200. The third-order valence-corrected chi connectivity index (χ3v) is 3.70. The molecule has 1 aromatic carbocycles. The molecule has 0 amide bonds. The molecule has 0 saturated carbocycles. The zero-order valence-corrected chi connectivity index (χ0v) is 11.6. The number of fused-ring (bicyclic) bond motifs is 1. The van der Waals surface area contributed by atoms with Gasteiger partial charge in [-0.15, -0.1) is 0 Å². The summed E-state index contributed by atoms with van der Waals surface area (Å²) in [6, 6.07) is 7.65. The van der Waals surface area contributed by atoms with Crippen molar-refractivity contribution in [3.8, 4) is 11.3 Å². The lowest BCUT2D eigenvalue weighted by molar-refractivity contribution is 0.0689. The third kappa shape index (κ3) is 1.79. The molecule has 0 radical (unpaired) electrons. The molecule has 5 nitrogen and oxygen atoms in total. The van der Waals surface area contributed by atoms with Crippen molar-refractivity contribution >= 4 is 16.9 Å². The first-order valence-corrected chi connectivity index (χ1v) is 6.34. The molecule has 0 bridgehead atoms. The normalized spacial score (nSPS) is 11.2. The van der Waals surface area contributed by atoms with Crippen molar-refractivity contribution < 1.29 is 9.90 Å². The maximum Gasteiger partial charge on any atom is 0.356 e. The number of nitrogens with one attached hydrogen (secondary N) is 1. The Hall–Kier alpha value is -2.56. The summed E-state index contributed by atoms with van der Waals surface area (Å²) < 4.78 is 1.60. The van der Waals surface area contributed by atoms with Crippen LogP contribution in [0.3, 0.4) is 0 Å². The van der Waals surface area contributed by atoms with Crippen LogP contribution < -0.4 is 0 Å². The second-order valence-electron chi connectivity index (χ2n) is 4.98. The lowest BCUT2D eigenvalue weighted by atomic mass is 10.1. The first-order valence-electron chi connectivity index (χ1n) is 6.34. The highest BCUT2D eigenvalue weighted by molar-refractivity contribution is 5.90. The quantitative estimate of drug-likeness (QED) is 0.751. The number of rotatable bonds is 2. The molecule has 2 N–H and O–H groups in total. The number of hydrogen-bond acceptors (Lipinski definition) is 2. The van der Waals surface area contributed by atoms with E-state index < -0.39 is 5.97 Å². The van der Waals surface area contributed by atoms with Crippen molar-refractivity contribution in [1.82, 2.24) is 14.8 Å². The average Bonchev–Trinajstić information content (AvgIpc) is 2.92. The van der Waals surface area contributed by atoms with E-state index in [4.69, 9.17) is 5.11 Å². The molecule has 3 aromatic rings. The van der Waals surface area contributed by atoms with Crippen LogP contribution in [0.5, 0.6) is 0 Å². The molecule has 0 aliphatic carbocycles. The Balaban J connectivity index is 2.19. The smallest absolute Gasteiger partial charge is 0.356 e. The lowest BCUT2D eigenvalue weighted by Gasteiger charge is -2.02. The Morgan fingerprint density at radius 3 is 2.70 bits per heavy atom. The van der Waals surface area contributed by atoms with Gasteiger partial charge in [0.1, 0.15) is 0 Å². The molecule has 0 unspecified atom stereocenters. The van der Waals surface area contributed by atoms with Crippen LogP contribution in [0.4, 0.5) is 0 Å². The maximum absolute atomic E-state index is 11.0. The minimum Gasteiger partial charge on any atom is -0.476 e. The first kappa shape index (κ1) is 12.5. The number of benzene rings is 1. The monoisotopic (exact) mass is 269 g/mol. The second-order valence-corrected chi connectivity index (χ2v) is 4.98. The molecule has 5 heteroatoms. The SMILES string of the molecule is Cc1[nH]c2ccc(-c3cc(C(=O)O)nn3C)cc2c1C. The number of carboxylic acids is 1. The van der Waals surface area contributed by atoms with Gasteiger partial charge in [0.25, 0.3) is 0 Å². The highest BCUT2D eigenvalue weighted by atomic mass is 16.4. The lowest BCUT2D eigenvalue weighted by Crippen LogP contribution is -1.99. The summed E-state index contributed by atoms with van der Waals surface area (Å²) >= 11 is 0. The highest BCUT2D eigenvalue weighted by Gasteiger charge is 2.13. The summed E-state index contributed by atoms with van der Waals surface area (Å²) in [5.41, 5.74) is 5.26. The third-order valence-electron chi connectivity index (χ3n) is 3.70. The van der Waals surface area contributed by atoms with Gasteiger partial charge < -0.3 is 10.1 Å². The molecule has 102 valence electrons. The molecule has 0 saturated heterocycles. The zero-order chi connectivity index (χ0) is 14.4. The summed E-state index contributed by atoms with van der Waals surface area (Å²) in [6.07, 6.45) is 0. The first-order chi connectivity index (χ1) is 9.47. The number of carbonyl (C=O) groups is 1. The molecule has 0 aliphatic rings. The fourth-order valence-electron chi connectivity index (χ4n) is 2.46. The van der Waals surface area contributed by atoms with Crippen LogP contribution in [0.1, 0.15) is 21.7 Å². The van der Waals surface area contributed by atoms with Gasteiger partial charge in [-0.05, 0) is 37.6 Å². The summed E-state index contributed by atoms with van der Waals surface area (Å²) in [5.74, 6) is -1.01. The number of H-pyrrole nitrogens is 1. The summed E-state index contributed by atoms with van der Waals surface area (Å²) in [6.45, 7) is 4.12. The van der Waals surface area contributed by atoms with Crippen molar-refractivity contribution in [1.29, 1.82) is 0 Å². The van der Waals surface area contributed by atoms with Gasteiger partial charge in [-0.2, -0.15) is 5.10 Å². The van der Waals surface area contributed by atoms with E-state index in [1.165, 1.54) is 5.56 Å². The van der Waals surface area contributed by atoms with Crippen molar-refractivity contribution in [2.24, 2.45) is 7.05 Å². The van der Waals surface area contributed by atoms with Gasteiger partial charge in [0.2, 0.25) is 0 Å². The molecular weight excluding hydrogens is 254 g/mol. The summed E-state index contributed by atoms with van der Waals surface area (Å²) in [4.78, 5) is 14.3. The maximum atomic E-state index is 11.0. The average molecular weight is 269 g/mol. The largest absolute Gasteiger partial charge is 0.476 e. The number of aromatic carboxylic acids is 1. The zero-order valence-electron chi connectivity index (χ0n) is 11.6. The standard InChI is InChI=1S/C15H15N3O2/c1-8-9(2)16-12-5-4-10(6-11(8)12)14-7-13(15(19)20)17-18(14)3/h4-7,16H,1-3H3,(H,19,20). The minimum atomic E-state index is -1.01. The molecule has 0 aliphatic heterocycles. The number of aromatic nitrogens is 3. The van der Waals surface area contributed by atoms with Crippen LogP contribution in [0.2, 0.25) is 0 Å². The van der Waals surface area contributed by atoms with Crippen molar-refractivity contribution in [3.63, 3.8) is 0 Å². The van der Waals surface area contributed by atoms with Crippen LogP contribution in [0, 0.1) is 13.8 Å². The van der Waals surface area contributed by atoms with Gasteiger partial charge in [0.05, 0.1) is 5.69 Å². The van der Waals surface area contributed by atoms with Crippen molar-refractivity contribution in [2.45, 2.75) is 13.8 Å². The molecule has 0 fully saturated rings. The molecule has 2 heterocycles. The van der Waals surface area contributed by atoms with Gasteiger partial charge in [0, 0.05) is 29.2 Å². The fourth-order valence-corrected chi connectivity index (χ4v) is 2.46. The number of nitrogens with zero attached hydrogens (tertiary/aromatic N) is 2. The van der Waals surface area contributed by atoms with Gasteiger partial charge in [-0.3, -0.25) is 4.68 Å². The van der Waals surface area contributed by atoms with E-state index in [-0.39, 0.29) is 5.69 Å². The van der Waals surface area contributed by atoms with Gasteiger partial charge in [-0.25, -0.2) is 4.79 Å². The van der Waals surface area contributed by atoms with Gasteiger partial charge in [0.15, 0.2) is 5.69 Å². The van der Waals surface area contributed by atoms with Gasteiger partial charge in [-0.1, -0.05) is 6.07 Å². The van der Waals surface area contributed by atoms with Crippen molar-refractivity contribution in [3.05, 3.63) is 41.2 Å². The van der Waals surface area contributed by atoms with E-state index in [1.54, 1.807) is 17.8 Å². The Labute approximate surface area is 115 Å². The van der Waals surface area contributed by atoms with Gasteiger partial charge >= 0.3 is 5.97 Å². The van der Waals surface area contributed by atoms with E-state index in [1.807, 2.05) is 19.1 Å². The van der Waals surface area contributed by atoms with Crippen LogP contribution >= 0.6 is 0 Å². The number of hydrogen-bond donors (Lipinski definition) is 2. The predicted molar refractivity (Wildman–Crippen MR) is 76.9 cm³/mol. The van der Waals surface area contributed by atoms with E-state index in [0.717, 1.165) is 27.9 Å². The summed E-state index contributed by atoms with van der Waals surface area (Å²) in [7, 11) is 1.75. The molecule has 0 atom stereocenters. The van der Waals surface area contributed by atoms with E-state index in [2.05, 4.69) is 23.1 Å². The molecule has 3 rings (SSSR count). The molecule has 2 aromatic heterocycles. The van der Waals surface area contributed by atoms with E-state index in [0.29, 0.717) is 0 Å². The molecular formula is C15H15N3O2. The number of aryl methyl sites for hydroxylation is 3. The van der Waals surface area contributed by atoms with Crippen molar-refractivity contribution in [2.75, 3.05) is 0 Å². The number of aromatic amines is 1. The van der Waals surface area contributed by atoms with E-state index >= 15 is 0 Å². The van der Waals surface area contributed by atoms with E-state index in [9.17, 15) is 4.79 Å². The Bertz CT molecular complexity index is 827. The summed E-state index contributed by atoms with van der Waals surface area (Å²) in [5, 5.41) is 14.2. The van der Waals surface area contributed by atoms with Crippen LogP contribution in [0.25, 0.3) is 22.2 Å². The topological polar surface area (TPSA) is 70.9 Å². The molecule has 0 spiro atoms. The number of carboxylic acid groups (broad SMARTS) is 1. The Morgan fingerprint density at radius 1 is 1.30 bits per heavy atom. The second kappa shape index (κ2) is 4.23. The Morgan fingerprint density at radius 2 is 2.05 bits per heavy atom. The highest BCUT2D eigenvalue weighted by Crippen LogP contribution is 2.28.